The van der Waals surface area contributed by atoms with E-state index in [1.807, 2.05) is 36.1 Å². The Labute approximate surface area is 106 Å². The van der Waals surface area contributed by atoms with Gasteiger partial charge in [0.1, 0.15) is 0 Å². The first kappa shape index (κ1) is 11.1. The highest BCUT2D eigenvalue weighted by molar-refractivity contribution is 6.06. The predicted octanol–water partition coefficient (Wildman–Crippen LogP) is 3.18. The van der Waals surface area contributed by atoms with Crippen molar-refractivity contribution in [3.8, 4) is 0 Å². The quantitative estimate of drug-likeness (QED) is 0.768. The van der Waals surface area contributed by atoms with Crippen LogP contribution in [0.15, 0.2) is 41.0 Å². The number of carbonyl (C=O) groups is 1. The smallest absolute Gasteiger partial charge is 0.294 e. The van der Waals surface area contributed by atoms with Gasteiger partial charge in [0.2, 0.25) is 0 Å². The number of hydrogen-bond donors (Lipinski definition) is 0. The largest absolute Gasteiger partial charge is 0.459 e. The molecule has 2 aromatic rings. The third-order valence-corrected chi connectivity index (χ3v) is 3.48. The number of benzene rings is 1. The summed E-state index contributed by atoms with van der Waals surface area (Å²) in [5.74, 6) is 0.397. The van der Waals surface area contributed by atoms with Crippen molar-refractivity contribution in [3.63, 3.8) is 0 Å². The molecule has 1 aromatic carbocycles. The number of aryl methyl sites for hydroxylation is 1. The second-order valence-corrected chi connectivity index (χ2v) is 4.79. The summed E-state index contributed by atoms with van der Waals surface area (Å²) >= 11 is 0. The first-order chi connectivity index (χ1) is 8.68. The minimum Gasteiger partial charge on any atom is -0.459 e. The number of fused-ring (bicyclic) bond motifs is 1. The van der Waals surface area contributed by atoms with Crippen molar-refractivity contribution in [1.29, 1.82) is 0 Å². The number of nitrogens with zero attached hydrogens (tertiary/aromatic N) is 1. The van der Waals surface area contributed by atoms with Gasteiger partial charge in [0, 0.05) is 17.3 Å². The van der Waals surface area contributed by atoms with E-state index in [2.05, 4.69) is 13.0 Å². The van der Waals surface area contributed by atoms with Gasteiger partial charge in [0.05, 0.1) is 6.26 Å². The summed E-state index contributed by atoms with van der Waals surface area (Å²) < 4.78 is 5.31. The molecular formula is C15H15NO2. The minimum atomic E-state index is -0.0463. The Kier molecular flexibility index (Phi) is 2.47. The van der Waals surface area contributed by atoms with E-state index in [0.29, 0.717) is 5.76 Å². The molecule has 3 nitrogen and oxygen atoms in total. The van der Waals surface area contributed by atoms with Gasteiger partial charge in [0.25, 0.3) is 5.91 Å². The van der Waals surface area contributed by atoms with Crippen LogP contribution >= 0.6 is 0 Å². The van der Waals surface area contributed by atoms with Gasteiger partial charge in [-0.2, -0.15) is 0 Å². The molecule has 1 aliphatic heterocycles. The second kappa shape index (κ2) is 4.02. The molecule has 1 unspecified atom stereocenters. The maximum atomic E-state index is 12.5. The summed E-state index contributed by atoms with van der Waals surface area (Å²) in [6, 6.07) is 10.0. The van der Waals surface area contributed by atoms with E-state index in [1.165, 1.54) is 5.56 Å². The average Bonchev–Trinajstić information content (AvgIpc) is 2.91. The van der Waals surface area contributed by atoms with E-state index in [9.17, 15) is 4.79 Å². The lowest BCUT2D eigenvalue weighted by Crippen LogP contribution is -2.35. The minimum absolute atomic E-state index is 0.0463. The highest BCUT2D eigenvalue weighted by Crippen LogP contribution is 2.33. The van der Waals surface area contributed by atoms with E-state index in [4.69, 9.17) is 4.42 Å². The lowest BCUT2D eigenvalue weighted by molar-refractivity contribution is 0.0954. The number of anilines is 1. The summed E-state index contributed by atoms with van der Waals surface area (Å²) in [4.78, 5) is 14.4. The zero-order valence-corrected chi connectivity index (χ0v) is 10.5. The molecule has 2 heterocycles. The normalized spacial score (nSPS) is 17.9. The topological polar surface area (TPSA) is 33.5 Å². The number of hydrogen-bond acceptors (Lipinski definition) is 2. The SMILES string of the molecule is Cc1ccoc1C(=O)N1c2ccccc2CC1C. The monoisotopic (exact) mass is 241 g/mol. The van der Waals surface area contributed by atoms with Gasteiger partial charge in [-0.1, -0.05) is 18.2 Å². The highest BCUT2D eigenvalue weighted by Gasteiger charge is 2.33. The molecule has 0 bridgehead atoms. The molecule has 1 atom stereocenters. The molecular weight excluding hydrogens is 226 g/mol. The molecule has 3 heteroatoms. The van der Waals surface area contributed by atoms with E-state index < -0.39 is 0 Å². The van der Waals surface area contributed by atoms with Crippen LogP contribution in [-0.4, -0.2) is 11.9 Å². The van der Waals surface area contributed by atoms with Gasteiger partial charge in [-0.25, -0.2) is 0 Å². The van der Waals surface area contributed by atoms with E-state index in [-0.39, 0.29) is 11.9 Å². The van der Waals surface area contributed by atoms with Crippen molar-refractivity contribution in [3.05, 3.63) is 53.5 Å². The summed E-state index contributed by atoms with van der Waals surface area (Å²) in [5.41, 5.74) is 3.12. The molecule has 0 fully saturated rings. The molecule has 1 aliphatic rings. The van der Waals surface area contributed by atoms with Gasteiger partial charge in [-0.3, -0.25) is 4.79 Å². The summed E-state index contributed by atoms with van der Waals surface area (Å²) in [6.45, 7) is 3.96. The third-order valence-electron chi connectivity index (χ3n) is 3.48. The molecule has 0 saturated heterocycles. The van der Waals surface area contributed by atoms with Crippen LogP contribution in [0, 0.1) is 6.92 Å². The lowest BCUT2D eigenvalue weighted by Gasteiger charge is -2.21. The fraction of sp³-hybridized carbons (Fsp3) is 0.267. The van der Waals surface area contributed by atoms with Gasteiger partial charge in [-0.15, -0.1) is 0 Å². The standard InChI is InChI=1S/C15H15NO2/c1-10-7-8-18-14(10)15(17)16-11(2)9-12-5-3-4-6-13(12)16/h3-8,11H,9H2,1-2H3. The van der Waals surface area contributed by atoms with Crippen LogP contribution in [0.4, 0.5) is 5.69 Å². The van der Waals surface area contributed by atoms with Crippen molar-refractivity contribution in [2.75, 3.05) is 4.90 Å². The Balaban J connectivity index is 2.03. The summed E-state index contributed by atoms with van der Waals surface area (Å²) in [6.07, 6.45) is 2.47. The molecule has 0 radical (unpaired) electrons. The predicted molar refractivity (Wildman–Crippen MR) is 69.9 cm³/mol. The fourth-order valence-corrected chi connectivity index (χ4v) is 2.58. The van der Waals surface area contributed by atoms with Gasteiger partial charge < -0.3 is 9.32 Å². The van der Waals surface area contributed by atoms with Crippen molar-refractivity contribution in [1.82, 2.24) is 0 Å². The molecule has 0 saturated carbocycles. The van der Waals surface area contributed by atoms with Gasteiger partial charge in [0.15, 0.2) is 5.76 Å². The van der Waals surface area contributed by atoms with Crippen LogP contribution in [0.1, 0.15) is 28.6 Å². The number of amides is 1. The van der Waals surface area contributed by atoms with E-state index in [0.717, 1.165) is 17.7 Å². The van der Waals surface area contributed by atoms with Crippen molar-refractivity contribution in [2.24, 2.45) is 0 Å². The van der Waals surface area contributed by atoms with E-state index in [1.54, 1.807) is 6.26 Å². The zero-order valence-electron chi connectivity index (χ0n) is 10.5. The first-order valence-corrected chi connectivity index (χ1v) is 6.14. The molecule has 1 aromatic heterocycles. The maximum Gasteiger partial charge on any atom is 0.294 e. The Morgan fingerprint density at radius 3 is 2.83 bits per heavy atom. The zero-order chi connectivity index (χ0) is 12.7. The Bertz CT molecular complexity index is 600. The van der Waals surface area contributed by atoms with Gasteiger partial charge in [-0.05, 0) is 38.0 Å². The van der Waals surface area contributed by atoms with Crippen molar-refractivity contribution in [2.45, 2.75) is 26.3 Å². The molecule has 0 spiro atoms. The molecule has 92 valence electrons. The Morgan fingerprint density at radius 2 is 2.11 bits per heavy atom. The maximum absolute atomic E-state index is 12.5. The van der Waals surface area contributed by atoms with Crippen LogP contribution in [-0.2, 0) is 6.42 Å². The first-order valence-electron chi connectivity index (χ1n) is 6.14. The number of carbonyl (C=O) groups excluding carboxylic acids is 1. The summed E-state index contributed by atoms with van der Waals surface area (Å²) in [7, 11) is 0. The van der Waals surface area contributed by atoms with Gasteiger partial charge >= 0.3 is 0 Å². The van der Waals surface area contributed by atoms with Crippen LogP contribution in [0.2, 0.25) is 0 Å². The highest BCUT2D eigenvalue weighted by atomic mass is 16.3. The van der Waals surface area contributed by atoms with Crippen LogP contribution < -0.4 is 4.90 Å². The molecule has 18 heavy (non-hydrogen) atoms. The number of furan rings is 1. The fourth-order valence-electron chi connectivity index (χ4n) is 2.58. The van der Waals surface area contributed by atoms with Crippen molar-refractivity contribution < 1.29 is 9.21 Å². The Morgan fingerprint density at radius 1 is 1.33 bits per heavy atom. The second-order valence-electron chi connectivity index (χ2n) is 4.79. The Hall–Kier alpha value is -2.03. The molecule has 3 rings (SSSR count). The summed E-state index contributed by atoms with van der Waals surface area (Å²) in [5, 5.41) is 0. The number of rotatable bonds is 1. The van der Waals surface area contributed by atoms with Crippen molar-refractivity contribution >= 4 is 11.6 Å². The molecule has 1 amide bonds. The van der Waals surface area contributed by atoms with Crippen LogP contribution in [0.25, 0.3) is 0 Å². The lowest BCUT2D eigenvalue weighted by atomic mass is 10.1. The number of para-hydroxylation sites is 1. The van der Waals surface area contributed by atoms with Crippen LogP contribution in [0.3, 0.4) is 0 Å². The van der Waals surface area contributed by atoms with E-state index >= 15 is 0 Å². The molecule has 0 N–H and O–H groups in total. The van der Waals surface area contributed by atoms with Crippen LogP contribution in [0.5, 0.6) is 0 Å². The average molecular weight is 241 g/mol. The third kappa shape index (κ3) is 1.55. The molecule has 0 aliphatic carbocycles.